The van der Waals surface area contributed by atoms with Crippen LogP contribution in [0.4, 0.5) is 35.1 Å². The smallest absolute Gasteiger partial charge is 0.218 e. The van der Waals surface area contributed by atoms with E-state index in [1.54, 1.807) is 0 Å². The van der Waals surface area contributed by atoms with Gasteiger partial charge in [-0.15, -0.1) is 0 Å². The van der Waals surface area contributed by atoms with Gasteiger partial charge in [-0.2, -0.15) is 26.3 Å². The van der Waals surface area contributed by atoms with Crippen molar-refractivity contribution in [2.24, 2.45) is 0 Å². The quantitative estimate of drug-likeness (QED) is 0.730. The van der Waals surface area contributed by atoms with Gasteiger partial charge in [-0.1, -0.05) is 0 Å². The molecular formula is C5H4F8O4S2. The number of rotatable bonds is 4. The lowest BCUT2D eigenvalue weighted by Crippen LogP contribution is -2.45. The van der Waals surface area contributed by atoms with Crippen molar-refractivity contribution in [3.8, 4) is 0 Å². The molecule has 0 atom stereocenters. The lowest BCUT2D eigenvalue weighted by atomic mass is 10.5. The Morgan fingerprint density at radius 3 is 1.16 bits per heavy atom. The van der Waals surface area contributed by atoms with E-state index < -0.39 is 48.1 Å². The van der Waals surface area contributed by atoms with Gasteiger partial charge in [-0.3, -0.25) is 0 Å². The van der Waals surface area contributed by atoms with Crippen LogP contribution in [0.5, 0.6) is 0 Å². The molecule has 0 spiro atoms. The summed E-state index contributed by atoms with van der Waals surface area (Å²) < 4.78 is 134. The standard InChI is InChI=1S/C5H4F8O4S2/c6-2(7)1-3(18(14,15)4(8,9)10)19(16,17)5(11,12)13/h2-3H,1H2. The number of sulfone groups is 2. The second-order valence-electron chi connectivity index (χ2n) is 3.04. The molecule has 0 heterocycles. The van der Waals surface area contributed by atoms with Crippen molar-refractivity contribution in [3.63, 3.8) is 0 Å². The summed E-state index contributed by atoms with van der Waals surface area (Å²) in [6.45, 7) is 0. The second-order valence-corrected chi connectivity index (χ2v) is 7.58. The van der Waals surface area contributed by atoms with Gasteiger partial charge in [0.1, 0.15) is 0 Å². The summed E-state index contributed by atoms with van der Waals surface area (Å²) in [6, 6.07) is 0. The molecule has 0 radical (unpaired) electrons. The van der Waals surface area contributed by atoms with Gasteiger partial charge in [0.05, 0.1) is 0 Å². The summed E-state index contributed by atoms with van der Waals surface area (Å²) in [7, 11) is -13.9. The highest BCUT2D eigenvalue weighted by Crippen LogP contribution is 2.38. The fourth-order valence-electron chi connectivity index (χ4n) is 0.864. The minimum absolute atomic E-state index is 2.64. The van der Waals surface area contributed by atoms with Crippen LogP contribution in [0, 0.1) is 0 Å². The molecule has 0 aliphatic carbocycles. The topological polar surface area (TPSA) is 68.3 Å². The maximum atomic E-state index is 12.0. The van der Waals surface area contributed by atoms with Crippen molar-refractivity contribution in [2.75, 3.05) is 0 Å². The molecule has 0 saturated heterocycles. The SMILES string of the molecule is O=S(=O)(C(CC(F)F)S(=O)(=O)C(F)(F)F)C(F)(F)F. The largest absolute Gasteiger partial charge is 0.498 e. The van der Waals surface area contributed by atoms with Crippen molar-refractivity contribution in [3.05, 3.63) is 0 Å². The molecule has 0 aromatic carbocycles. The molecule has 0 aliphatic rings. The first kappa shape index (κ1) is 18.3. The van der Waals surface area contributed by atoms with Crippen LogP contribution in [0.1, 0.15) is 6.42 Å². The molecule has 0 bridgehead atoms. The van der Waals surface area contributed by atoms with Gasteiger partial charge in [0.15, 0.2) is 4.58 Å². The first-order valence-electron chi connectivity index (χ1n) is 3.93. The first-order chi connectivity index (χ1) is 8.05. The van der Waals surface area contributed by atoms with E-state index in [1.165, 1.54) is 0 Å². The fraction of sp³-hybridized carbons (Fsp3) is 1.00. The van der Waals surface area contributed by atoms with Crippen LogP contribution in [-0.4, -0.2) is 38.9 Å². The van der Waals surface area contributed by atoms with Crippen LogP contribution in [0.15, 0.2) is 0 Å². The van der Waals surface area contributed by atoms with E-state index in [9.17, 15) is 52.0 Å². The van der Waals surface area contributed by atoms with E-state index in [2.05, 4.69) is 0 Å². The predicted molar refractivity (Wildman–Crippen MR) is 44.4 cm³/mol. The van der Waals surface area contributed by atoms with Gasteiger partial charge in [0.25, 0.3) is 19.7 Å². The van der Waals surface area contributed by atoms with Gasteiger partial charge < -0.3 is 0 Å². The minimum Gasteiger partial charge on any atom is -0.218 e. The molecule has 116 valence electrons. The molecular weight excluding hydrogens is 340 g/mol. The van der Waals surface area contributed by atoms with Gasteiger partial charge in [-0.05, 0) is 0 Å². The van der Waals surface area contributed by atoms with Crippen molar-refractivity contribution in [2.45, 2.75) is 28.4 Å². The minimum atomic E-state index is -6.96. The monoisotopic (exact) mass is 344 g/mol. The summed E-state index contributed by atoms with van der Waals surface area (Å²) in [5.41, 5.74) is -12.8. The zero-order valence-electron chi connectivity index (χ0n) is 8.34. The van der Waals surface area contributed by atoms with Gasteiger partial charge in [0.2, 0.25) is 6.43 Å². The molecule has 0 saturated carbocycles. The lowest BCUT2D eigenvalue weighted by molar-refractivity contribution is -0.0477. The number of hydrogen-bond acceptors (Lipinski definition) is 4. The van der Waals surface area contributed by atoms with Crippen molar-refractivity contribution >= 4 is 19.7 Å². The average molecular weight is 344 g/mol. The molecule has 0 N–H and O–H groups in total. The van der Waals surface area contributed by atoms with E-state index in [4.69, 9.17) is 0 Å². The number of alkyl halides is 8. The van der Waals surface area contributed by atoms with E-state index in [-0.39, 0.29) is 0 Å². The average Bonchev–Trinajstić information content (AvgIpc) is 2.09. The molecule has 19 heavy (non-hydrogen) atoms. The van der Waals surface area contributed by atoms with E-state index >= 15 is 0 Å². The Morgan fingerprint density at radius 1 is 0.737 bits per heavy atom. The van der Waals surface area contributed by atoms with Crippen LogP contribution >= 0.6 is 0 Å². The third kappa shape index (κ3) is 3.67. The van der Waals surface area contributed by atoms with E-state index in [1.807, 2.05) is 0 Å². The second kappa shape index (κ2) is 5.03. The fourth-order valence-corrected chi connectivity index (χ4v) is 4.25. The van der Waals surface area contributed by atoms with Crippen LogP contribution in [-0.2, 0) is 19.7 Å². The third-order valence-electron chi connectivity index (χ3n) is 1.71. The highest BCUT2D eigenvalue weighted by molar-refractivity contribution is 8.09. The molecule has 0 amide bonds. The highest BCUT2D eigenvalue weighted by Gasteiger charge is 2.63. The summed E-state index contributed by atoms with van der Waals surface area (Å²) in [4.78, 5) is 0. The Bertz CT molecular complexity index is 468. The van der Waals surface area contributed by atoms with Crippen LogP contribution in [0.2, 0.25) is 0 Å². The maximum Gasteiger partial charge on any atom is 0.498 e. The highest BCUT2D eigenvalue weighted by atomic mass is 32.3. The Kier molecular flexibility index (Phi) is 4.85. The maximum absolute atomic E-state index is 12.0. The Balaban J connectivity index is 6.05. The van der Waals surface area contributed by atoms with E-state index in [0.717, 1.165) is 0 Å². The first-order valence-corrected chi connectivity index (χ1v) is 7.03. The number of halogens is 8. The zero-order chi connectivity index (χ0) is 15.9. The van der Waals surface area contributed by atoms with E-state index in [0.29, 0.717) is 0 Å². The Hall–Kier alpha value is -0.660. The molecule has 14 heteroatoms. The summed E-state index contributed by atoms with van der Waals surface area (Å²) in [6.07, 6.45) is -6.64. The Labute approximate surface area is 101 Å². The molecule has 0 aliphatic heterocycles. The molecule has 0 rings (SSSR count). The third-order valence-corrected chi connectivity index (χ3v) is 6.29. The lowest BCUT2D eigenvalue weighted by Gasteiger charge is -2.20. The predicted octanol–water partition coefficient (Wildman–Crippen LogP) is 1.84. The van der Waals surface area contributed by atoms with Crippen LogP contribution < -0.4 is 0 Å². The van der Waals surface area contributed by atoms with Crippen molar-refractivity contribution in [1.82, 2.24) is 0 Å². The van der Waals surface area contributed by atoms with Crippen molar-refractivity contribution in [1.29, 1.82) is 0 Å². The van der Waals surface area contributed by atoms with Crippen LogP contribution in [0.3, 0.4) is 0 Å². The van der Waals surface area contributed by atoms with Gasteiger partial charge >= 0.3 is 11.0 Å². The summed E-state index contributed by atoms with van der Waals surface area (Å²) in [5.74, 6) is 0. The molecule has 0 fully saturated rings. The molecule has 0 unspecified atom stereocenters. The molecule has 0 aromatic rings. The van der Waals surface area contributed by atoms with Gasteiger partial charge in [0, 0.05) is 6.42 Å². The number of hydrogen-bond donors (Lipinski definition) is 0. The summed E-state index contributed by atoms with van der Waals surface area (Å²) in [5, 5.41) is 0. The summed E-state index contributed by atoms with van der Waals surface area (Å²) >= 11 is 0. The molecule has 4 nitrogen and oxygen atoms in total. The van der Waals surface area contributed by atoms with Crippen LogP contribution in [0.25, 0.3) is 0 Å². The van der Waals surface area contributed by atoms with Gasteiger partial charge in [-0.25, -0.2) is 25.6 Å². The Morgan fingerprint density at radius 2 is 1.00 bits per heavy atom. The molecule has 0 aromatic heterocycles. The van der Waals surface area contributed by atoms with Crippen molar-refractivity contribution < 1.29 is 52.0 Å². The normalized spacial score (nSPS) is 15.3. The zero-order valence-corrected chi connectivity index (χ0v) is 9.97.